The highest BCUT2D eigenvalue weighted by Crippen LogP contribution is 2.33. The summed E-state index contributed by atoms with van der Waals surface area (Å²) >= 11 is 6.94. The van der Waals surface area contributed by atoms with Crippen LogP contribution in [0.2, 0.25) is 0 Å². The molecule has 2 fully saturated rings. The lowest BCUT2D eigenvalue weighted by atomic mass is 10.1. The fourth-order valence-electron chi connectivity index (χ4n) is 5.02. The maximum Gasteiger partial charge on any atom is 0.270 e. The quantitative estimate of drug-likeness (QED) is 0.239. The summed E-state index contributed by atoms with van der Waals surface area (Å²) in [4.78, 5) is 33.0. The number of fused-ring (bicyclic) bond motifs is 1. The molecule has 1 N–H and O–H groups in total. The molecule has 1 aromatic heterocycles. The van der Waals surface area contributed by atoms with Crippen LogP contribution in [0, 0.1) is 0 Å². The van der Waals surface area contributed by atoms with E-state index in [4.69, 9.17) is 30.8 Å². The van der Waals surface area contributed by atoms with E-state index in [1.807, 2.05) is 30.3 Å². The SMILES string of the molecule is O=C(NC(=Cc1ccc(SC(=S)N2CCOCC2)o1)C(=O)N1CCN(Cc2ccc3c(c2)OCO3)CC1)c1ccccc1. The van der Waals surface area contributed by atoms with Gasteiger partial charge >= 0.3 is 0 Å². The minimum atomic E-state index is -0.365. The number of nitrogens with zero attached hydrogens (tertiary/aromatic N) is 3. The Morgan fingerprint density at radius 3 is 2.44 bits per heavy atom. The first-order valence-corrected chi connectivity index (χ1v) is 15.4. The van der Waals surface area contributed by atoms with Crippen LogP contribution in [0.3, 0.4) is 0 Å². The number of hydrogen-bond acceptors (Lipinski definition) is 9. The van der Waals surface area contributed by atoms with Crippen molar-refractivity contribution < 1.29 is 28.2 Å². The van der Waals surface area contributed by atoms with Crippen LogP contribution in [0.25, 0.3) is 6.08 Å². The van der Waals surface area contributed by atoms with Crippen LogP contribution in [-0.4, -0.2) is 90.1 Å². The molecule has 0 atom stereocenters. The molecular weight excluding hydrogens is 588 g/mol. The van der Waals surface area contributed by atoms with Crippen molar-refractivity contribution in [2.45, 2.75) is 11.6 Å². The molecule has 0 aliphatic carbocycles. The Kier molecular flexibility index (Phi) is 9.27. The van der Waals surface area contributed by atoms with Gasteiger partial charge in [0.2, 0.25) is 6.79 Å². The molecule has 12 heteroatoms. The molecule has 0 spiro atoms. The maximum atomic E-state index is 13.8. The van der Waals surface area contributed by atoms with Gasteiger partial charge in [0.05, 0.1) is 13.2 Å². The third-order valence-electron chi connectivity index (χ3n) is 7.36. The summed E-state index contributed by atoms with van der Waals surface area (Å²) in [6.45, 7) is 6.20. The van der Waals surface area contributed by atoms with E-state index in [0.29, 0.717) is 60.1 Å². The van der Waals surface area contributed by atoms with Gasteiger partial charge in [0, 0.05) is 57.5 Å². The number of morpholine rings is 1. The second-order valence-corrected chi connectivity index (χ2v) is 11.9. The number of benzene rings is 2. The molecule has 0 radical (unpaired) electrons. The van der Waals surface area contributed by atoms with Crippen molar-refractivity contribution in [1.82, 2.24) is 20.0 Å². The van der Waals surface area contributed by atoms with Gasteiger partial charge in [-0.05, 0) is 53.7 Å². The number of thiocarbonyl (C=S) groups is 1. The number of ether oxygens (including phenoxy) is 3. The summed E-state index contributed by atoms with van der Waals surface area (Å²) in [6.07, 6.45) is 1.59. The smallest absolute Gasteiger partial charge is 0.270 e. The van der Waals surface area contributed by atoms with Gasteiger partial charge in [-0.25, -0.2) is 0 Å². The number of nitrogens with one attached hydrogen (secondary N) is 1. The Morgan fingerprint density at radius 1 is 0.884 bits per heavy atom. The number of thioether (sulfide) groups is 1. The molecule has 10 nitrogen and oxygen atoms in total. The molecular formula is C31H32N4O6S2. The predicted molar refractivity (Wildman–Crippen MR) is 166 cm³/mol. The van der Waals surface area contributed by atoms with Gasteiger partial charge in [0.25, 0.3) is 11.8 Å². The third kappa shape index (κ3) is 7.39. The molecule has 4 heterocycles. The van der Waals surface area contributed by atoms with Crippen molar-refractivity contribution in [1.29, 1.82) is 0 Å². The zero-order chi connectivity index (χ0) is 29.6. The monoisotopic (exact) mass is 620 g/mol. The summed E-state index contributed by atoms with van der Waals surface area (Å²) in [5, 5.41) is 3.44. The lowest BCUT2D eigenvalue weighted by Crippen LogP contribution is -2.50. The van der Waals surface area contributed by atoms with Crippen molar-refractivity contribution in [3.63, 3.8) is 0 Å². The fourth-order valence-corrected chi connectivity index (χ4v) is 6.20. The molecule has 2 aromatic carbocycles. The van der Waals surface area contributed by atoms with E-state index in [1.165, 1.54) is 11.8 Å². The highest BCUT2D eigenvalue weighted by atomic mass is 32.2. The van der Waals surface area contributed by atoms with Crippen molar-refractivity contribution in [2.75, 3.05) is 59.3 Å². The van der Waals surface area contributed by atoms with Crippen molar-refractivity contribution >= 4 is 46.2 Å². The second-order valence-electron chi connectivity index (χ2n) is 10.3. The van der Waals surface area contributed by atoms with E-state index < -0.39 is 0 Å². The lowest BCUT2D eigenvalue weighted by Gasteiger charge is -2.35. The Bertz CT molecular complexity index is 1500. The van der Waals surface area contributed by atoms with Crippen LogP contribution in [0.1, 0.15) is 21.7 Å². The van der Waals surface area contributed by atoms with Gasteiger partial charge in [0.1, 0.15) is 15.8 Å². The number of hydrogen-bond donors (Lipinski definition) is 1. The van der Waals surface area contributed by atoms with Gasteiger partial charge in [-0.15, -0.1) is 0 Å². The molecule has 2 saturated heterocycles. The Balaban J connectivity index is 1.13. The van der Waals surface area contributed by atoms with E-state index >= 15 is 0 Å². The molecule has 6 rings (SSSR count). The van der Waals surface area contributed by atoms with Gasteiger partial charge in [0.15, 0.2) is 16.6 Å². The summed E-state index contributed by atoms with van der Waals surface area (Å²) in [5.41, 5.74) is 1.74. The van der Waals surface area contributed by atoms with Gasteiger partial charge in [-0.2, -0.15) is 0 Å². The molecule has 3 aromatic rings. The number of amides is 2. The zero-order valence-corrected chi connectivity index (χ0v) is 25.2. The first kappa shape index (κ1) is 29.2. The third-order valence-corrected chi connectivity index (χ3v) is 8.72. The lowest BCUT2D eigenvalue weighted by molar-refractivity contribution is -0.129. The number of furan rings is 1. The van der Waals surface area contributed by atoms with Crippen LogP contribution in [-0.2, 0) is 16.1 Å². The number of rotatable bonds is 7. The highest BCUT2D eigenvalue weighted by molar-refractivity contribution is 8.22. The van der Waals surface area contributed by atoms with Crippen LogP contribution in [0.15, 0.2) is 75.9 Å². The Morgan fingerprint density at radius 2 is 1.65 bits per heavy atom. The average molecular weight is 621 g/mol. The summed E-state index contributed by atoms with van der Waals surface area (Å²) in [7, 11) is 0. The molecule has 224 valence electrons. The van der Waals surface area contributed by atoms with E-state index in [2.05, 4.69) is 15.1 Å². The highest BCUT2D eigenvalue weighted by Gasteiger charge is 2.26. The van der Waals surface area contributed by atoms with E-state index in [1.54, 1.807) is 41.3 Å². The first-order chi connectivity index (χ1) is 21.0. The second kappa shape index (κ2) is 13.6. The van der Waals surface area contributed by atoms with Crippen molar-refractivity contribution in [2.24, 2.45) is 0 Å². The minimum absolute atomic E-state index is 0.153. The minimum Gasteiger partial charge on any atom is -0.454 e. The zero-order valence-electron chi connectivity index (χ0n) is 23.5. The molecule has 0 unspecified atom stereocenters. The average Bonchev–Trinajstić information content (AvgIpc) is 3.70. The number of carbonyl (C=O) groups excluding carboxylic acids is 2. The van der Waals surface area contributed by atoms with Gasteiger partial charge in [-0.1, -0.05) is 36.5 Å². The number of carbonyl (C=O) groups is 2. The largest absolute Gasteiger partial charge is 0.454 e. The summed E-state index contributed by atoms with van der Waals surface area (Å²) in [5.74, 6) is 1.35. The number of piperazine rings is 1. The van der Waals surface area contributed by atoms with Crippen molar-refractivity contribution in [3.8, 4) is 11.5 Å². The summed E-state index contributed by atoms with van der Waals surface area (Å²) < 4.78 is 23.0. The maximum absolute atomic E-state index is 13.8. The van der Waals surface area contributed by atoms with E-state index in [0.717, 1.165) is 36.7 Å². The van der Waals surface area contributed by atoms with Gasteiger partial charge < -0.3 is 33.7 Å². The van der Waals surface area contributed by atoms with E-state index in [9.17, 15) is 9.59 Å². The molecule has 0 saturated carbocycles. The first-order valence-electron chi connectivity index (χ1n) is 14.1. The van der Waals surface area contributed by atoms with Crippen LogP contribution in [0.4, 0.5) is 0 Å². The molecule has 3 aliphatic heterocycles. The fraction of sp³-hybridized carbons (Fsp3) is 0.323. The van der Waals surface area contributed by atoms with Crippen LogP contribution in [0.5, 0.6) is 11.5 Å². The Hall–Kier alpha value is -3.84. The molecule has 3 aliphatic rings. The molecule has 0 bridgehead atoms. The van der Waals surface area contributed by atoms with Gasteiger partial charge in [-0.3, -0.25) is 14.5 Å². The normalized spacial score (nSPS) is 17.2. The Labute approximate surface area is 259 Å². The predicted octanol–water partition coefficient (Wildman–Crippen LogP) is 3.83. The summed E-state index contributed by atoms with van der Waals surface area (Å²) in [6, 6.07) is 18.4. The topological polar surface area (TPSA) is 96.7 Å². The van der Waals surface area contributed by atoms with Crippen LogP contribution >= 0.6 is 24.0 Å². The van der Waals surface area contributed by atoms with Crippen molar-refractivity contribution in [3.05, 3.63) is 83.2 Å². The standard InChI is InChI=1S/C31H32N4O6S2/c36-29(23-4-2-1-3-5-23)32-25(19-24-7-9-28(41-24)43-31(42)35-14-16-38-17-15-35)30(37)34-12-10-33(11-13-34)20-22-6-8-26-27(18-22)40-21-39-26/h1-9,18-19H,10-17,20-21H2,(H,32,36). The van der Waals surface area contributed by atoms with E-state index in [-0.39, 0.29) is 24.3 Å². The molecule has 43 heavy (non-hydrogen) atoms. The molecule has 2 amide bonds. The van der Waals surface area contributed by atoms with Crippen LogP contribution < -0.4 is 14.8 Å².